The first-order valence-corrected chi connectivity index (χ1v) is 8.81. The maximum atomic E-state index is 13.1. The SMILES string of the molecule is C=C(C)[C@@H]1CC(=O)[C@H](C)[C@H]([C@@H]2CCc3cc(OC)ccc3C2=O)C1. The highest BCUT2D eigenvalue weighted by Crippen LogP contribution is 2.43. The normalized spacial score (nSPS) is 30.0. The molecule has 0 aliphatic heterocycles. The third-order valence-electron chi connectivity index (χ3n) is 6.01. The van der Waals surface area contributed by atoms with Crippen LogP contribution in [0.4, 0.5) is 0 Å². The van der Waals surface area contributed by atoms with Crippen molar-refractivity contribution >= 4 is 11.6 Å². The molecule has 4 atom stereocenters. The Morgan fingerprint density at radius 3 is 2.71 bits per heavy atom. The van der Waals surface area contributed by atoms with E-state index < -0.39 is 0 Å². The van der Waals surface area contributed by atoms with Crippen molar-refractivity contribution < 1.29 is 14.3 Å². The van der Waals surface area contributed by atoms with Gasteiger partial charge in [0, 0.05) is 23.8 Å². The molecule has 0 heterocycles. The highest BCUT2D eigenvalue weighted by molar-refractivity contribution is 6.01. The molecular formula is C21H26O3. The zero-order chi connectivity index (χ0) is 17.4. The quantitative estimate of drug-likeness (QED) is 0.780. The number of hydrogen-bond acceptors (Lipinski definition) is 3. The number of aryl methyl sites for hydroxylation is 1. The van der Waals surface area contributed by atoms with Crippen LogP contribution in [0.2, 0.25) is 0 Å². The van der Waals surface area contributed by atoms with Gasteiger partial charge in [0.15, 0.2) is 5.78 Å². The molecule has 3 heteroatoms. The lowest BCUT2D eigenvalue weighted by molar-refractivity contribution is -0.128. The van der Waals surface area contributed by atoms with Crippen LogP contribution in [0.25, 0.3) is 0 Å². The van der Waals surface area contributed by atoms with Gasteiger partial charge in [0.2, 0.25) is 0 Å². The molecule has 0 N–H and O–H groups in total. The van der Waals surface area contributed by atoms with Gasteiger partial charge in [-0.15, -0.1) is 0 Å². The summed E-state index contributed by atoms with van der Waals surface area (Å²) in [7, 11) is 1.64. The van der Waals surface area contributed by atoms with Crippen LogP contribution in [0.5, 0.6) is 5.75 Å². The van der Waals surface area contributed by atoms with Crippen LogP contribution in [0, 0.1) is 23.7 Å². The van der Waals surface area contributed by atoms with E-state index in [0.717, 1.165) is 41.7 Å². The van der Waals surface area contributed by atoms with Crippen molar-refractivity contribution in [2.75, 3.05) is 7.11 Å². The molecule has 0 amide bonds. The molecule has 0 radical (unpaired) electrons. The Hall–Kier alpha value is -1.90. The summed E-state index contributed by atoms with van der Waals surface area (Å²) < 4.78 is 5.26. The second-order valence-electron chi connectivity index (χ2n) is 7.43. The molecular weight excluding hydrogens is 300 g/mol. The Labute approximate surface area is 144 Å². The molecule has 128 valence electrons. The fourth-order valence-electron chi connectivity index (χ4n) is 4.37. The van der Waals surface area contributed by atoms with Gasteiger partial charge in [-0.2, -0.15) is 0 Å². The summed E-state index contributed by atoms with van der Waals surface area (Å²) in [6, 6.07) is 5.70. The minimum Gasteiger partial charge on any atom is -0.497 e. The molecule has 3 nitrogen and oxygen atoms in total. The van der Waals surface area contributed by atoms with Crippen molar-refractivity contribution in [3.05, 3.63) is 41.5 Å². The highest BCUT2D eigenvalue weighted by Gasteiger charge is 2.42. The molecule has 0 aromatic heterocycles. The molecule has 0 bridgehead atoms. The van der Waals surface area contributed by atoms with E-state index >= 15 is 0 Å². The van der Waals surface area contributed by atoms with Crippen LogP contribution in [-0.4, -0.2) is 18.7 Å². The van der Waals surface area contributed by atoms with Crippen LogP contribution < -0.4 is 4.74 Å². The molecule has 1 fully saturated rings. The minimum atomic E-state index is -0.0491. The van der Waals surface area contributed by atoms with E-state index in [2.05, 4.69) is 6.58 Å². The lowest BCUT2D eigenvalue weighted by Crippen LogP contribution is -2.40. The van der Waals surface area contributed by atoms with Gasteiger partial charge in [-0.3, -0.25) is 9.59 Å². The first-order valence-electron chi connectivity index (χ1n) is 8.81. The van der Waals surface area contributed by atoms with E-state index in [1.165, 1.54) is 0 Å². The van der Waals surface area contributed by atoms with Gasteiger partial charge in [0.25, 0.3) is 0 Å². The molecule has 3 rings (SSSR count). The van der Waals surface area contributed by atoms with Gasteiger partial charge in [0.05, 0.1) is 7.11 Å². The van der Waals surface area contributed by atoms with E-state index in [4.69, 9.17) is 4.74 Å². The molecule has 0 saturated heterocycles. The number of rotatable bonds is 3. The summed E-state index contributed by atoms with van der Waals surface area (Å²) in [5.41, 5.74) is 2.94. The summed E-state index contributed by atoms with van der Waals surface area (Å²) in [5.74, 6) is 1.56. The van der Waals surface area contributed by atoms with Gasteiger partial charge in [0.1, 0.15) is 11.5 Å². The van der Waals surface area contributed by atoms with Crippen molar-refractivity contribution in [1.29, 1.82) is 0 Å². The average molecular weight is 326 g/mol. The minimum absolute atomic E-state index is 0.0330. The predicted molar refractivity (Wildman–Crippen MR) is 94.3 cm³/mol. The second kappa shape index (κ2) is 6.54. The second-order valence-corrected chi connectivity index (χ2v) is 7.43. The van der Waals surface area contributed by atoms with Crippen LogP contribution in [0.3, 0.4) is 0 Å². The molecule has 1 aromatic rings. The monoisotopic (exact) mass is 326 g/mol. The van der Waals surface area contributed by atoms with Gasteiger partial charge in [-0.05, 0) is 61.8 Å². The van der Waals surface area contributed by atoms with Gasteiger partial charge < -0.3 is 4.74 Å². The Balaban J connectivity index is 1.87. The molecule has 0 spiro atoms. The molecule has 1 saturated carbocycles. The number of methoxy groups -OCH3 is 1. The first-order chi connectivity index (χ1) is 11.4. The number of ether oxygens (including phenoxy) is 1. The van der Waals surface area contributed by atoms with E-state index in [-0.39, 0.29) is 35.2 Å². The van der Waals surface area contributed by atoms with Crippen molar-refractivity contribution in [3.8, 4) is 5.75 Å². The summed E-state index contributed by atoms with van der Waals surface area (Å²) >= 11 is 0. The van der Waals surface area contributed by atoms with Crippen LogP contribution in [-0.2, 0) is 11.2 Å². The fourth-order valence-corrected chi connectivity index (χ4v) is 4.37. The molecule has 1 aromatic carbocycles. The third-order valence-corrected chi connectivity index (χ3v) is 6.01. The first kappa shape index (κ1) is 16.9. The Morgan fingerprint density at radius 2 is 2.04 bits per heavy atom. The number of allylic oxidation sites excluding steroid dienone is 1. The largest absolute Gasteiger partial charge is 0.497 e. The molecule has 2 aliphatic carbocycles. The number of Topliss-reactive ketones (excluding diaryl/α,β-unsaturated/α-hetero) is 2. The molecule has 24 heavy (non-hydrogen) atoms. The number of carbonyl (C=O) groups excluding carboxylic acids is 2. The van der Waals surface area contributed by atoms with Gasteiger partial charge in [-0.1, -0.05) is 19.1 Å². The predicted octanol–water partition coefficient (Wildman–Crippen LogP) is 4.25. The van der Waals surface area contributed by atoms with Crippen molar-refractivity contribution in [2.24, 2.45) is 23.7 Å². The zero-order valence-corrected chi connectivity index (χ0v) is 14.8. The number of benzene rings is 1. The van der Waals surface area contributed by atoms with E-state index in [1.807, 2.05) is 32.0 Å². The highest BCUT2D eigenvalue weighted by atomic mass is 16.5. The van der Waals surface area contributed by atoms with Crippen molar-refractivity contribution in [1.82, 2.24) is 0 Å². The maximum absolute atomic E-state index is 13.1. The smallest absolute Gasteiger partial charge is 0.166 e. The summed E-state index contributed by atoms with van der Waals surface area (Å²) in [6.45, 7) is 8.03. The summed E-state index contributed by atoms with van der Waals surface area (Å²) in [6.07, 6.45) is 3.19. The lowest BCUT2D eigenvalue weighted by Gasteiger charge is -2.39. The van der Waals surface area contributed by atoms with Gasteiger partial charge >= 0.3 is 0 Å². The zero-order valence-electron chi connectivity index (χ0n) is 14.8. The number of hydrogen-bond donors (Lipinski definition) is 0. The van der Waals surface area contributed by atoms with Gasteiger partial charge in [-0.25, -0.2) is 0 Å². The Morgan fingerprint density at radius 1 is 1.29 bits per heavy atom. The maximum Gasteiger partial charge on any atom is 0.166 e. The van der Waals surface area contributed by atoms with Crippen LogP contribution in [0.1, 0.15) is 49.0 Å². The van der Waals surface area contributed by atoms with Crippen LogP contribution in [0.15, 0.2) is 30.4 Å². The van der Waals surface area contributed by atoms with E-state index in [9.17, 15) is 9.59 Å². The number of carbonyl (C=O) groups is 2. The van der Waals surface area contributed by atoms with Crippen molar-refractivity contribution in [3.63, 3.8) is 0 Å². The summed E-state index contributed by atoms with van der Waals surface area (Å²) in [4.78, 5) is 25.5. The average Bonchev–Trinajstić information content (AvgIpc) is 2.57. The van der Waals surface area contributed by atoms with Crippen LogP contribution >= 0.6 is 0 Å². The lowest BCUT2D eigenvalue weighted by atomic mass is 9.63. The topological polar surface area (TPSA) is 43.4 Å². The Bertz CT molecular complexity index is 688. The molecule has 2 aliphatic rings. The molecule has 0 unspecified atom stereocenters. The van der Waals surface area contributed by atoms with E-state index in [1.54, 1.807) is 7.11 Å². The van der Waals surface area contributed by atoms with Crippen molar-refractivity contribution in [2.45, 2.75) is 39.5 Å². The summed E-state index contributed by atoms with van der Waals surface area (Å²) in [5, 5.41) is 0. The number of ketones is 2. The standard InChI is InChI=1S/C21H26O3/c1-12(2)15-10-19(13(3)20(22)11-15)18-7-5-14-9-16(24-4)6-8-17(14)21(18)23/h6,8-9,13,15,18-19H,1,5,7,10-11H2,2-4H3/t13-,15+,18+,19-/m1/s1. The third kappa shape index (κ3) is 2.92. The fraction of sp³-hybridized carbons (Fsp3) is 0.524. The Kier molecular flexibility index (Phi) is 4.62. The van der Waals surface area contributed by atoms with E-state index in [0.29, 0.717) is 6.42 Å². The number of fused-ring (bicyclic) bond motifs is 1.